The fraction of sp³-hybridized carbons (Fsp3) is 0.381. The molecule has 1 aliphatic rings. The maximum absolute atomic E-state index is 12.8. The molecule has 0 radical (unpaired) electrons. The molecule has 0 spiro atoms. The smallest absolute Gasteiger partial charge is 0.243 e. The van der Waals surface area contributed by atoms with Crippen LogP contribution in [0.15, 0.2) is 53.4 Å². The number of ether oxygens (including phenoxy) is 1. The molecule has 7 heteroatoms. The van der Waals surface area contributed by atoms with Gasteiger partial charge in [0.15, 0.2) is 0 Å². The van der Waals surface area contributed by atoms with Gasteiger partial charge in [0.05, 0.1) is 17.2 Å². The topological polar surface area (TPSA) is 75.7 Å². The molecule has 0 aliphatic carbocycles. The van der Waals surface area contributed by atoms with Crippen LogP contribution >= 0.6 is 0 Å². The van der Waals surface area contributed by atoms with Crippen LogP contribution in [-0.4, -0.2) is 38.3 Å². The molecule has 1 aliphatic heterocycles. The number of piperidine rings is 1. The molecule has 1 amide bonds. The predicted octanol–water partition coefficient (Wildman–Crippen LogP) is 3.43. The number of hydrogen-bond acceptors (Lipinski definition) is 4. The average Bonchev–Trinajstić information content (AvgIpc) is 2.70. The molecule has 0 atom stereocenters. The van der Waals surface area contributed by atoms with E-state index in [1.54, 1.807) is 30.3 Å². The Bertz CT molecular complexity index is 918. The maximum Gasteiger partial charge on any atom is 0.243 e. The molecular weight excluding hydrogens is 376 g/mol. The third-order valence-corrected chi connectivity index (χ3v) is 6.84. The summed E-state index contributed by atoms with van der Waals surface area (Å²) in [6.07, 6.45) is 0.988. The molecule has 6 nitrogen and oxygen atoms in total. The van der Waals surface area contributed by atoms with Gasteiger partial charge in [-0.1, -0.05) is 29.8 Å². The van der Waals surface area contributed by atoms with E-state index < -0.39 is 10.0 Å². The van der Waals surface area contributed by atoms with Crippen molar-refractivity contribution in [3.05, 3.63) is 54.1 Å². The van der Waals surface area contributed by atoms with Crippen molar-refractivity contribution >= 4 is 21.6 Å². The van der Waals surface area contributed by atoms with Crippen molar-refractivity contribution < 1.29 is 17.9 Å². The lowest BCUT2D eigenvalue weighted by atomic mass is 9.97. The van der Waals surface area contributed by atoms with Crippen LogP contribution in [0, 0.1) is 12.8 Å². The summed E-state index contributed by atoms with van der Waals surface area (Å²) in [5, 5.41) is 2.92. The second-order valence-electron chi connectivity index (χ2n) is 6.91. The van der Waals surface area contributed by atoms with Gasteiger partial charge in [-0.15, -0.1) is 0 Å². The van der Waals surface area contributed by atoms with Crippen LogP contribution in [0.4, 0.5) is 5.69 Å². The largest absolute Gasteiger partial charge is 0.492 e. The highest BCUT2D eigenvalue weighted by atomic mass is 32.2. The summed E-state index contributed by atoms with van der Waals surface area (Å²) in [6.45, 7) is 5.00. The van der Waals surface area contributed by atoms with Gasteiger partial charge >= 0.3 is 0 Å². The number of amides is 1. The Morgan fingerprint density at radius 1 is 1.11 bits per heavy atom. The summed E-state index contributed by atoms with van der Waals surface area (Å²) < 4.78 is 32.6. The Hall–Kier alpha value is -2.38. The second-order valence-corrected chi connectivity index (χ2v) is 8.85. The summed E-state index contributed by atoms with van der Waals surface area (Å²) in [4.78, 5) is 13.0. The molecule has 1 saturated heterocycles. The first-order valence-electron chi connectivity index (χ1n) is 9.51. The van der Waals surface area contributed by atoms with E-state index in [0.717, 1.165) is 5.56 Å². The summed E-state index contributed by atoms with van der Waals surface area (Å²) in [5.41, 5.74) is 1.66. The van der Waals surface area contributed by atoms with Crippen LogP contribution in [0.2, 0.25) is 0 Å². The van der Waals surface area contributed by atoms with E-state index in [0.29, 0.717) is 48.9 Å². The summed E-state index contributed by atoms with van der Waals surface area (Å²) in [5.74, 6) is 0.316. The second kappa shape index (κ2) is 8.75. The lowest BCUT2D eigenvalue weighted by Gasteiger charge is -2.30. The Labute approximate surface area is 166 Å². The van der Waals surface area contributed by atoms with Crippen molar-refractivity contribution in [1.82, 2.24) is 4.31 Å². The van der Waals surface area contributed by atoms with Gasteiger partial charge in [-0.2, -0.15) is 4.31 Å². The Morgan fingerprint density at radius 3 is 2.39 bits per heavy atom. The van der Waals surface area contributed by atoms with Crippen molar-refractivity contribution in [2.75, 3.05) is 25.0 Å². The molecule has 28 heavy (non-hydrogen) atoms. The summed E-state index contributed by atoms with van der Waals surface area (Å²) in [7, 11) is -3.52. The Kier molecular flexibility index (Phi) is 6.36. The zero-order chi connectivity index (χ0) is 20.1. The maximum atomic E-state index is 12.8. The van der Waals surface area contributed by atoms with Crippen LogP contribution < -0.4 is 10.1 Å². The Morgan fingerprint density at radius 2 is 1.75 bits per heavy atom. The number of hydrogen-bond donors (Lipinski definition) is 1. The number of anilines is 1. The molecular formula is C21H26N2O4S. The number of carbonyl (C=O) groups is 1. The van der Waals surface area contributed by atoms with Crippen LogP contribution in [0.5, 0.6) is 5.75 Å². The van der Waals surface area contributed by atoms with Gasteiger partial charge in [-0.3, -0.25) is 4.79 Å². The number of para-hydroxylation sites is 2. The fourth-order valence-corrected chi connectivity index (χ4v) is 4.77. The highest BCUT2D eigenvalue weighted by Crippen LogP contribution is 2.28. The zero-order valence-electron chi connectivity index (χ0n) is 16.2. The minimum atomic E-state index is -3.52. The van der Waals surface area contributed by atoms with Crippen LogP contribution in [0.3, 0.4) is 0 Å². The summed E-state index contributed by atoms with van der Waals surface area (Å²) >= 11 is 0. The number of carbonyl (C=O) groups excluding carboxylic acids is 1. The van der Waals surface area contributed by atoms with Gasteiger partial charge in [0.1, 0.15) is 5.75 Å². The van der Waals surface area contributed by atoms with Crippen molar-refractivity contribution in [3.8, 4) is 5.75 Å². The third kappa shape index (κ3) is 4.54. The summed E-state index contributed by atoms with van der Waals surface area (Å²) in [6, 6.07) is 14.2. The Balaban J connectivity index is 1.62. The zero-order valence-corrected chi connectivity index (χ0v) is 17.0. The standard InChI is InChI=1S/C21H26N2O4S/c1-3-27-20-7-5-4-6-19(20)22-21(24)17-12-14-23(15-13-17)28(25,26)18-10-8-16(2)9-11-18/h4-11,17H,3,12-15H2,1-2H3,(H,22,24). The van der Waals surface area contributed by atoms with Crippen molar-refractivity contribution in [1.29, 1.82) is 0 Å². The molecule has 0 bridgehead atoms. The average molecular weight is 403 g/mol. The first kappa shape index (κ1) is 20.4. The number of nitrogens with one attached hydrogen (secondary N) is 1. The number of nitrogens with zero attached hydrogens (tertiary/aromatic N) is 1. The van der Waals surface area contributed by atoms with Crippen molar-refractivity contribution in [3.63, 3.8) is 0 Å². The normalized spacial score (nSPS) is 15.9. The van der Waals surface area contributed by atoms with Gasteiger partial charge in [0.25, 0.3) is 0 Å². The SMILES string of the molecule is CCOc1ccccc1NC(=O)C1CCN(S(=O)(=O)c2ccc(C)cc2)CC1. The fourth-order valence-electron chi connectivity index (χ4n) is 3.30. The molecule has 0 saturated carbocycles. The minimum absolute atomic E-state index is 0.0977. The van der Waals surface area contributed by atoms with Gasteiger partial charge in [0, 0.05) is 19.0 Å². The van der Waals surface area contributed by atoms with E-state index in [2.05, 4.69) is 5.32 Å². The number of aryl methyl sites for hydroxylation is 1. The quantitative estimate of drug-likeness (QED) is 0.803. The molecule has 3 rings (SSSR count). The van der Waals surface area contributed by atoms with E-state index in [1.807, 2.05) is 32.0 Å². The van der Waals surface area contributed by atoms with E-state index in [9.17, 15) is 13.2 Å². The highest BCUT2D eigenvalue weighted by Gasteiger charge is 2.32. The van der Waals surface area contributed by atoms with E-state index in [-0.39, 0.29) is 11.8 Å². The molecule has 0 aromatic heterocycles. The molecule has 2 aromatic rings. The monoisotopic (exact) mass is 402 g/mol. The number of rotatable bonds is 6. The molecule has 1 fully saturated rings. The highest BCUT2D eigenvalue weighted by molar-refractivity contribution is 7.89. The van der Waals surface area contributed by atoms with Crippen LogP contribution in [0.1, 0.15) is 25.3 Å². The number of benzene rings is 2. The molecule has 1 N–H and O–H groups in total. The minimum Gasteiger partial charge on any atom is -0.492 e. The molecule has 0 unspecified atom stereocenters. The van der Waals surface area contributed by atoms with E-state index in [1.165, 1.54) is 4.31 Å². The van der Waals surface area contributed by atoms with Crippen molar-refractivity contribution in [2.45, 2.75) is 31.6 Å². The molecule has 2 aromatic carbocycles. The first-order chi connectivity index (χ1) is 13.4. The van der Waals surface area contributed by atoms with E-state index >= 15 is 0 Å². The van der Waals surface area contributed by atoms with Crippen molar-refractivity contribution in [2.24, 2.45) is 5.92 Å². The predicted molar refractivity (Wildman–Crippen MR) is 109 cm³/mol. The lowest BCUT2D eigenvalue weighted by molar-refractivity contribution is -0.120. The van der Waals surface area contributed by atoms with Crippen LogP contribution in [0.25, 0.3) is 0 Å². The van der Waals surface area contributed by atoms with Gasteiger partial charge in [0.2, 0.25) is 15.9 Å². The molecule has 1 heterocycles. The molecule has 150 valence electrons. The lowest BCUT2D eigenvalue weighted by Crippen LogP contribution is -2.41. The third-order valence-electron chi connectivity index (χ3n) is 4.93. The number of sulfonamides is 1. The van der Waals surface area contributed by atoms with Crippen LogP contribution in [-0.2, 0) is 14.8 Å². The van der Waals surface area contributed by atoms with E-state index in [4.69, 9.17) is 4.74 Å². The first-order valence-corrected chi connectivity index (χ1v) is 11.0. The van der Waals surface area contributed by atoms with Gasteiger partial charge in [-0.25, -0.2) is 8.42 Å². The van der Waals surface area contributed by atoms with Gasteiger partial charge in [-0.05, 0) is 51.0 Å². The van der Waals surface area contributed by atoms with Gasteiger partial charge < -0.3 is 10.1 Å².